The molecule has 1 aromatic rings. The van der Waals surface area contributed by atoms with Crippen LogP contribution >= 0.6 is 0 Å². The highest BCUT2D eigenvalue weighted by molar-refractivity contribution is 5.79. The molecule has 0 spiro atoms. The van der Waals surface area contributed by atoms with Crippen LogP contribution in [0.4, 0.5) is 0 Å². The van der Waals surface area contributed by atoms with Crippen LogP contribution in [0.2, 0.25) is 0 Å². The van der Waals surface area contributed by atoms with Crippen molar-refractivity contribution in [3.8, 4) is 0 Å². The van der Waals surface area contributed by atoms with Crippen molar-refractivity contribution in [1.82, 2.24) is 0 Å². The van der Waals surface area contributed by atoms with Gasteiger partial charge in [0.1, 0.15) is 0 Å². The highest BCUT2D eigenvalue weighted by atomic mass is 16.5. The number of carbonyl (C=O) groups is 1. The topological polar surface area (TPSA) is 26.3 Å². The predicted octanol–water partition coefficient (Wildman–Crippen LogP) is 2.97. The molecule has 86 valence electrons. The Morgan fingerprint density at radius 3 is 2.25 bits per heavy atom. The molecular weight excluding hydrogens is 200 g/mol. The van der Waals surface area contributed by atoms with Crippen LogP contribution in [0.1, 0.15) is 35.4 Å². The Morgan fingerprint density at radius 1 is 1.25 bits per heavy atom. The zero-order valence-corrected chi connectivity index (χ0v) is 10.1. The lowest BCUT2D eigenvalue weighted by Gasteiger charge is -2.15. The summed E-state index contributed by atoms with van der Waals surface area (Å²) >= 11 is 0. The van der Waals surface area contributed by atoms with Crippen molar-refractivity contribution in [2.24, 2.45) is 5.92 Å². The van der Waals surface area contributed by atoms with Gasteiger partial charge in [0, 0.05) is 0 Å². The van der Waals surface area contributed by atoms with E-state index in [0.29, 0.717) is 5.92 Å². The lowest BCUT2D eigenvalue weighted by molar-refractivity contribution is -0.143. The van der Waals surface area contributed by atoms with E-state index in [-0.39, 0.29) is 11.9 Å². The highest BCUT2D eigenvalue weighted by Gasteiger charge is 2.38. The predicted molar refractivity (Wildman–Crippen MR) is 63.4 cm³/mol. The first-order valence-electron chi connectivity index (χ1n) is 5.78. The second kappa shape index (κ2) is 4.28. The van der Waals surface area contributed by atoms with Crippen molar-refractivity contribution in [3.05, 3.63) is 34.9 Å². The summed E-state index contributed by atoms with van der Waals surface area (Å²) in [6, 6.07) is 6.34. The fourth-order valence-electron chi connectivity index (χ4n) is 2.35. The molecule has 2 nitrogen and oxygen atoms in total. The number of aryl methyl sites for hydroxylation is 2. The van der Waals surface area contributed by atoms with E-state index in [1.54, 1.807) is 0 Å². The average molecular weight is 218 g/mol. The van der Waals surface area contributed by atoms with Crippen LogP contribution in [0.5, 0.6) is 0 Å². The zero-order valence-electron chi connectivity index (χ0n) is 10.1. The second-order valence-corrected chi connectivity index (χ2v) is 4.76. The maximum Gasteiger partial charge on any atom is 0.313 e. The molecule has 1 aliphatic rings. The summed E-state index contributed by atoms with van der Waals surface area (Å²) in [4.78, 5) is 11.8. The SMILES string of the molecule is COC(=O)C(c1cc(C)cc(C)c1)C1CC1. The Kier molecular flexibility index (Phi) is 2.99. The number of benzene rings is 1. The van der Waals surface area contributed by atoms with E-state index in [9.17, 15) is 4.79 Å². The van der Waals surface area contributed by atoms with Crippen molar-refractivity contribution < 1.29 is 9.53 Å². The minimum absolute atomic E-state index is 0.0522. The van der Waals surface area contributed by atoms with Crippen molar-refractivity contribution in [3.63, 3.8) is 0 Å². The highest BCUT2D eigenvalue weighted by Crippen LogP contribution is 2.43. The van der Waals surface area contributed by atoms with Crippen LogP contribution in [-0.2, 0) is 9.53 Å². The van der Waals surface area contributed by atoms with E-state index in [0.717, 1.165) is 18.4 Å². The number of ether oxygens (including phenoxy) is 1. The maximum absolute atomic E-state index is 11.8. The Hall–Kier alpha value is -1.31. The molecule has 1 atom stereocenters. The smallest absolute Gasteiger partial charge is 0.313 e. The summed E-state index contributed by atoms with van der Waals surface area (Å²) in [5.41, 5.74) is 3.54. The molecule has 2 heteroatoms. The van der Waals surface area contributed by atoms with Gasteiger partial charge in [0.05, 0.1) is 13.0 Å². The van der Waals surface area contributed by atoms with Gasteiger partial charge in [-0.3, -0.25) is 4.79 Å². The van der Waals surface area contributed by atoms with Crippen LogP contribution in [0, 0.1) is 19.8 Å². The molecule has 0 radical (unpaired) electrons. The van der Waals surface area contributed by atoms with Gasteiger partial charge in [0.2, 0.25) is 0 Å². The molecular formula is C14H18O2. The largest absolute Gasteiger partial charge is 0.469 e. The number of rotatable bonds is 3. The first-order valence-corrected chi connectivity index (χ1v) is 5.78. The fourth-order valence-corrected chi connectivity index (χ4v) is 2.35. The molecule has 1 aromatic carbocycles. The molecule has 0 saturated heterocycles. The number of carbonyl (C=O) groups excluding carboxylic acids is 1. The minimum Gasteiger partial charge on any atom is -0.469 e. The number of methoxy groups -OCH3 is 1. The van der Waals surface area contributed by atoms with E-state index >= 15 is 0 Å². The molecule has 1 fully saturated rings. The van der Waals surface area contributed by atoms with Crippen molar-refractivity contribution >= 4 is 5.97 Å². The average Bonchev–Trinajstić information content (AvgIpc) is 3.00. The minimum atomic E-state index is -0.0903. The molecule has 0 aromatic heterocycles. The second-order valence-electron chi connectivity index (χ2n) is 4.76. The van der Waals surface area contributed by atoms with Crippen LogP contribution in [-0.4, -0.2) is 13.1 Å². The molecule has 0 N–H and O–H groups in total. The third kappa shape index (κ3) is 2.26. The van der Waals surface area contributed by atoms with Gasteiger partial charge < -0.3 is 4.74 Å². The van der Waals surface area contributed by atoms with Gasteiger partial charge in [-0.1, -0.05) is 29.3 Å². The van der Waals surface area contributed by atoms with Crippen molar-refractivity contribution in [1.29, 1.82) is 0 Å². The summed E-state index contributed by atoms with van der Waals surface area (Å²) in [5.74, 6) is 0.352. The number of hydrogen-bond acceptors (Lipinski definition) is 2. The van der Waals surface area contributed by atoms with E-state index in [4.69, 9.17) is 4.74 Å². The van der Waals surface area contributed by atoms with Crippen LogP contribution < -0.4 is 0 Å². The van der Waals surface area contributed by atoms with Gasteiger partial charge in [0.25, 0.3) is 0 Å². The first kappa shape index (κ1) is 11.2. The van der Waals surface area contributed by atoms with Gasteiger partial charge in [-0.25, -0.2) is 0 Å². The normalized spacial score (nSPS) is 16.9. The molecule has 1 saturated carbocycles. The van der Waals surface area contributed by atoms with Gasteiger partial charge >= 0.3 is 5.97 Å². The number of esters is 1. The summed E-state index contributed by atoms with van der Waals surface area (Å²) in [6.45, 7) is 4.13. The Bertz CT molecular complexity index is 385. The quantitative estimate of drug-likeness (QED) is 0.729. The van der Waals surface area contributed by atoms with E-state index in [1.807, 2.05) is 0 Å². The monoisotopic (exact) mass is 218 g/mol. The molecule has 0 aliphatic heterocycles. The van der Waals surface area contributed by atoms with Crippen LogP contribution in [0.3, 0.4) is 0 Å². The van der Waals surface area contributed by atoms with Gasteiger partial charge in [-0.2, -0.15) is 0 Å². The Balaban J connectivity index is 2.34. The fraction of sp³-hybridized carbons (Fsp3) is 0.500. The van der Waals surface area contributed by atoms with Gasteiger partial charge in [-0.15, -0.1) is 0 Å². The summed E-state index contributed by atoms with van der Waals surface area (Å²) in [5, 5.41) is 0. The summed E-state index contributed by atoms with van der Waals surface area (Å²) in [6.07, 6.45) is 2.29. The van der Waals surface area contributed by atoms with Crippen molar-refractivity contribution in [2.45, 2.75) is 32.6 Å². The lowest BCUT2D eigenvalue weighted by Crippen LogP contribution is -2.16. The van der Waals surface area contributed by atoms with Gasteiger partial charge in [-0.05, 0) is 38.2 Å². The first-order chi connectivity index (χ1) is 7.61. The van der Waals surface area contributed by atoms with E-state index in [1.165, 1.54) is 18.2 Å². The molecule has 0 amide bonds. The third-order valence-electron chi connectivity index (χ3n) is 3.15. The summed E-state index contributed by atoms with van der Waals surface area (Å²) in [7, 11) is 1.47. The Morgan fingerprint density at radius 2 is 1.81 bits per heavy atom. The summed E-state index contributed by atoms with van der Waals surface area (Å²) < 4.78 is 4.91. The lowest BCUT2D eigenvalue weighted by atomic mass is 9.92. The Labute approximate surface area is 96.6 Å². The van der Waals surface area contributed by atoms with Crippen LogP contribution in [0.15, 0.2) is 18.2 Å². The van der Waals surface area contributed by atoms with E-state index in [2.05, 4.69) is 32.0 Å². The molecule has 0 heterocycles. The zero-order chi connectivity index (χ0) is 11.7. The standard InChI is InChI=1S/C14H18O2/c1-9-6-10(2)8-12(7-9)13(11-4-5-11)14(15)16-3/h6-8,11,13H,4-5H2,1-3H3. The third-order valence-corrected chi connectivity index (χ3v) is 3.15. The maximum atomic E-state index is 11.8. The molecule has 16 heavy (non-hydrogen) atoms. The molecule has 1 unspecified atom stereocenters. The molecule has 0 bridgehead atoms. The molecule has 2 rings (SSSR count). The molecule has 1 aliphatic carbocycles. The van der Waals surface area contributed by atoms with Gasteiger partial charge in [0.15, 0.2) is 0 Å². The van der Waals surface area contributed by atoms with Crippen LogP contribution in [0.25, 0.3) is 0 Å². The van der Waals surface area contributed by atoms with E-state index < -0.39 is 0 Å². The van der Waals surface area contributed by atoms with Crippen molar-refractivity contribution in [2.75, 3.05) is 7.11 Å². The number of hydrogen-bond donors (Lipinski definition) is 0.